The molecule has 21 heavy (non-hydrogen) atoms. The highest BCUT2D eigenvalue weighted by molar-refractivity contribution is 5.89. The molecule has 1 aliphatic rings. The largest absolute Gasteiger partial charge is 0.481 e. The maximum Gasteiger partial charge on any atom is 0.304 e. The minimum Gasteiger partial charge on any atom is -0.481 e. The van der Waals surface area contributed by atoms with Gasteiger partial charge in [-0.25, -0.2) is 0 Å². The molecule has 114 valence electrons. The van der Waals surface area contributed by atoms with Crippen molar-refractivity contribution in [3.63, 3.8) is 0 Å². The number of hydrogen-bond donors (Lipinski definition) is 3. The molecular formula is C16H22N2O3. The van der Waals surface area contributed by atoms with Crippen LogP contribution in [0.3, 0.4) is 0 Å². The zero-order chi connectivity index (χ0) is 15.1. The Labute approximate surface area is 124 Å². The van der Waals surface area contributed by atoms with E-state index in [1.165, 1.54) is 0 Å². The van der Waals surface area contributed by atoms with Gasteiger partial charge >= 0.3 is 5.97 Å². The lowest BCUT2D eigenvalue weighted by Crippen LogP contribution is -2.54. The predicted octanol–water partition coefficient (Wildman–Crippen LogP) is 0.841. The van der Waals surface area contributed by atoms with Crippen molar-refractivity contribution < 1.29 is 14.7 Å². The van der Waals surface area contributed by atoms with Gasteiger partial charge in [-0.1, -0.05) is 30.3 Å². The van der Waals surface area contributed by atoms with Gasteiger partial charge in [0.2, 0.25) is 0 Å². The van der Waals surface area contributed by atoms with Gasteiger partial charge in [-0.2, -0.15) is 0 Å². The number of nitrogens with one attached hydrogen (secondary N) is 2. The molecular weight excluding hydrogens is 268 g/mol. The average molecular weight is 290 g/mol. The average Bonchev–Trinajstić information content (AvgIpc) is 2.52. The second-order valence-electron chi connectivity index (χ2n) is 5.43. The first-order valence-corrected chi connectivity index (χ1v) is 7.40. The fourth-order valence-corrected chi connectivity index (χ4v) is 2.68. The molecule has 0 bridgehead atoms. The van der Waals surface area contributed by atoms with Crippen LogP contribution in [0.15, 0.2) is 30.3 Å². The number of carbonyl (C=O) groups is 2. The lowest BCUT2D eigenvalue weighted by atomic mass is 9.88. The van der Waals surface area contributed by atoms with Gasteiger partial charge in [0.1, 0.15) is 0 Å². The van der Waals surface area contributed by atoms with Crippen LogP contribution < -0.4 is 10.6 Å². The zero-order valence-corrected chi connectivity index (χ0v) is 12.0. The summed E-state index contributed by atoms with van der Waals surface area (Å²) in [5, 5.41) is 15.4. The van der Waals surface area contributed by atoms with E-state index in [1.807, 2.05) is 30.3 Å². The molecule has 1 aromatic rings. The standard InChI is InChI=1S/C16H22N2O3/c19-15(20)10-13(7-6-12-4-2-1-3-5-12)16(21)14-11-17-8-9-18-14/h1-5,13-14,17-18H,6-11H2,(H,19,20)/t13-,14+/m1/s1. The first kappa shape index (κ1) is 15.7. The Morgan fingerprint density at radius 1 is 1.24 bits per heavy atom. The predicted molar refractivity (Wildman–Crippen MR) is 80.2 cm³/mol. The summed E-state index contributed by atoms with van der Waals surface area (Å²) in [7, 11) is 0. The van der Waals surface area contributed by atoms with Crippen molar-refractivity contribution in [1.82, 2.24) is 10.6 Å². The number of piperazine rings is 1. The summed E-state index contributed by atoms with van der Waals surface area (Å²) in [5.74, 6) is -1.33. The molecule has 1 aromatic carbocycles. The third-order valence-electron chi connectivity index (χ3n) is 3.83. The van der Waals surface area contributed by atoms with Gasteiger partial charge in [-0.05, 0) is 18.4 Å². The van der Waals surface area contributed by atoms with Crippen LogP contribution in [0.4, 0.5) is 0 Å². The second kappa shape index (κ2) is 7.90. The number of aliphatic carboxylic acids is 1. The van der Waals surface area contributed by atoms with Gasteiger partial charge in [0.05, 0.1) is 12.5 Å². The number of aryl methyl sites for hydroxylation is 1. The lowest BCUT2D eigenvalue weighted by Gasteiger charge is -2.26. The van der Waals surface area contributed by atoms with Gasteiger partial charge in [0, 0.05) is 25.6 Å². The number of rotatable bonds is 7. The number of Topliss-reactive ketones (excluding diaryl/α,β-unsaturated/α-hetero) is 1. The van der Waals surface area contributed by atoms with E-state index in [9.17, 15) is 9.59 Å². The fourth-order valence-electron chi connectivity index (χ4n) is 2.68. The van der Waals surface area contributed by atoms with E-state index in [0.717, 1.165) is 25.1 Å². The highest BCUT2D eigenvalue weighted by Gasteiger charge is 2.29. The molecule has 0 spiro atoms. The van der Waals surface area contributed by atoms with Crippen LogP contribution >= 0.6 is 0 Å². The van der Waals surface area contributed by atoms with Crippen LogP contribution in [0.2, 0.25) is 0 Å². The fraction of sp³-hybridized carbons (Fsp3) is 0.500. The molecule has 5 nitrogen and oxygen atoms in total. The minimum atomic E-state index is -0.912. The molecule has 3 N–H and O–H groups in total. The third kappa shape index (κ3) is 4.95. The van der Waals surface area contributed by atoms with E-state index in [0.29, 0.717) is 13.0 Å². The Morgan fingerprint density at radius 3 is 2.62 bits per heavy atom. The van der Waals surface area contributed by atoms with Crippen molar-refractivity contribution in [2.75, 3.05) is 19.6 Å². The SMILES string of the molecule is O=C(O)C[C@@H](CCc1ccccc1)C(=O)[C@@H]1CNCCN1. The number of carboxylic acid groups (broad SMARTS) is 1. The minimum absolute atomic E-state index is 0.0144. The van der Waals surface area contributed by atoms with Gasteiger partial charge < -0.3 is 15.7 Å². The van der Waals surface area contributed by atoms with Gasteiger partial charge in [-0.15, -0.1) is 0 Å². The Bertz CT molecular complexity index is 470. The summed E-state index contributed by atoms with van der Waals surface area (Å²) in [6, 6.07) is 9.59. The Kier molecular flexibility index (Phi) is 5.90. The summed E-state index contributed by atoms with van der Waals surface area (Å²) in [6.45, 7) is 2.17. The number of hydrogen-bond acceptors (Lipinski definition) is 4. The molecule has 1 aliphatic heterocycles. The number of ketones is 1. The molecule has 2 atom stereocenters. The molecule has 0 saturated carbocycles. The molecule has 0 radical (unpaired) electrons. The van der Waals surface area contributed by atoms with Crippen LogP contribution in [0.1, 0.15) is 18.4 Å². The van der Waals surface area contributed by atoms with E-state index < -0.39 is 11.9 Å². The van der Waals surface area contributed by atoms with Crippen LogP contribution in [0.25, 0.3) is 0 Å². The molecule has 0 amide bonds. The van der Waals surface area contributed by atoms with Crippen LogP contribution in [-0.4, -0.2) is 42.5 Å². The molecule has 0 unspecified atom stereocenters. The molecule has 1 heterocycles. The topological polar surface area (TPSA) is 78.4 Å². The number of carbonyl (C=O) groups excluding carboxylic acids is 1. The first-order chi connectivity index (χ1) is 10.2. The monoisotopic (exact) mass is 290 g/mol. The van der Waals surface area contributed by atoms with Crippen molar-refractivity contribution >= 4 is 11.8 Å². The van der Waals surface area contributed by atoms with E-state index in [2.05, 4.69) is 10.6 Å². The van der Waals surface area contributed by atoms with Crippen molar-refractivity contribution in [2.45, 2.75) is 25.3 Å². The van der Waals surface area contributed by atoms with Gasteiger partial charge in [0.25, 0.3) is 0 Å². The second-order valence-corrected chi connectivity index (χ2v) is 5.43. The quantitative estimate of drug-likeness (QED) is 0.693. The van der Waals surface area contributed by atoms with Gasteiger partial charge in [0.15, 0.2) is 5.78 Å². The van der Waals surface area contributed by atoms with Crippen LogP contribution in [0, 0.1) is 5.92 Å². The summed E-state index contributed by atoms with van der Waals surface area (Å²) in [4.78, 5) is 23.5. The maximum absolute atomic E-state index is 12.5. The van der Waals surface area contributed by atoms with E-state index >= 15 is 0 Å². The highest BCUT2D eigenvalue weighted by atomic mass is 16.4. The van der Waals surface area contributed by atoms with Crippen molar-refractivity contribution in [1.29, 1.82) is 0 Å². The normalized spacial score (nSPS) is 19.9. The molecule has 1 saturated heterocycles. The third-order valence-corrected chi connectivity index (χ3v) is 3.83. The van der Waals surface area contributed by atoms with E-state index in [1.54, 1.807) is 0 Å². The molecule has 0 aliphatic carbocycles. The van der Waals surface area contributed by atoms with Crippen LogP contribution in [0.5, 0.6) is 0 Å². The van der Waals surface area contributed by atoms with Crippen molar-refractivity contribution in [3.8, 4) is 0 Å². The maximum atomic E-state index is 12.5. The molecule has 5 heteroatoms. The summed E-state index contributed by atoms with van der Waals surface area (Å²) >= 11 is 0. The lowest BCUT2D eigenvalue weighted by molar-refractivity contribution is -0.141. The zero-order valence-electron chi connectivity index (χ0n) is 12.0. The Balaban J connectivity index is 1.96. The Hall–Kier alpha value is -1.72. The van der Waals surface area contributed by atoms with Crippen molar-refractivity contribution in [2.24, 2.45) is 5.92 Å². The Morgan fingerprint density at radius 2 is 2.00 bits per heavy atom. The number of carboxylic acids is 1. The highest BCUT2D eigenvalue weighted by Crippen LogP contribution is 2.17. The smallest absolute Gasteiger partial charge is 0.304 e. The number of benzene rings is 1. The molecule has 2 rings (SSSR count). The van der Waals surface area contributed by atoms with Gasteiger partial charge in [-0.3, -0.25) is 9.59 Å². The first-order valence-electron chi connectivity index (χ1n) is 7.40. The van der Waals surface area contributed by atoms with Crippen molar-refractivity contribution in [3.05, 3.63) is 35.9 Å². The van der Waals surface area contributed by atoms with E-state index in [4.69, 9.17) is 5.11 Å². The van der Waals surface area contributed by atoms with E-state index in [-0.39, 0.29) is 18.2 Å². The van der Waals surface area contributed by atoms with Crippen LogP contribution in [-0.2, 0) is 16.0 Å². The summed E-state index contributed by atoms with van der Waals surface area (Å²) in [6.07, 6.45) is 1.21. The molecule has 0 aromatic heterocycles. The summed E-state index contributed by atoms with van der Waals surface area (Å²) < 4.78 is 0. The molecule has 1 fully saturated rings. The summed E-state index contributed by atoms with van der Waals surface area (Å²) in [5.41, 5.74) is 1.13.